The molecule has 0 saturated heterocycles. The lowest BCUT2D eigenvalue weighted by molar-refractivity contribution is -0.385. The van der Waals surface area contributed by atoms with E-state index >= 15 is 0 Å². The highest BCUT2D eigenvalue weighted by atomic mass is 16.6. The minimum Gasteiger partial charge on any atom is -0.258 e. The molecule has 0 saturated carbocycles. The third kappa shape index (κ3) is 3.50. The van der Waals surface area contributed by atoms with Gasteiger partial charge in [-0.25, -0.2) is 0 Å². The average Bonchev–Trinajstić information content (AvgIpc) is 3.00. The van der Waals surface area contributed by atoms with Crippen molar-refractivity contribution in [1.29, 1.82) is 0 Å². The van der Waals surface area contributed by atoms with Crippen LogP contribution in [-0.4, -0.2) is 9.85 Å². The van der Waals surface area contributed by atoms with Crippen molar-refractivity contribution in [2.45, 2.75) is 0 Å². The fraction of sp³-hybridized carbons (Fsp3) is 0. The van der Waals surface area contributed by atoms with Crippen molar-refractivity contribution in [1.82, 2.24) is 0 Å². The molecule has 0 atom stereocenters. The number of benzene rings is 7. The van der Waals surface area contributed by atoms with E-state index in [1.807, 2.05) is 60.7 Å². The van der Waals surface area contributed by atoms with Crippen LogP contribution in [0.4, 0.5) is 11.4 Å². The summed E-state index contributed by atoms with van der Waals surface area (Å²) in [6.45, 7) is 0. The number of non-ortho nitro benzene ring substituents is 2. The molecule has 0 radical (unpaired) electrons. The zero-order chi connectivity index (χ0) is 27.4. The second kappa shape index (κ2) is 8.99. The second-order valence-electron chi connectivity index (χ2n) is 9.74. The van der Waals surface area contributed by atoms with Crippen LogP contribution in [0.2, 0.25) is 0 Å². The Morgan fingerprint density at radius 3 is 1.00 bits per heavy atom. The Morgan fingerprint density at radius 1 is 0.375 bits per heavy atom. The molecule has 7 aromatic carbocycles. The summed E-state index contributed by atoms with van der Waals surface area (Å²) in [5, 5.41) is 31.3. The fourth-order valence-corrected chi connectivity index (χ4v) is 5.95. The highest BCUT2D eigenvalue weighted by Gasteiger charge is 2.22. The van der Waals surface area contributed by atoms with E-state index in [-0.39, 0.29) is 21.2 Å². The van der Waals surface area contributed by atoms with E-state index in [4.69, 9.17) is 0 Å². The summed E-state index contributed by atoms with van der Waals surface area (Å²) in [6.07, 6.45) is 0. The zero-order valence-electron chi connectivity index (χ0n) is 21.1. The van der Waals surface area contributed by atoms with Crippen LogP contribution in [0.5, 0.6) is 0 Å². The van der Waals surface area contributed by atoms with Gasteiger partial charge in [-0.15, -0.1) is 0 Å². The first-order chi connectivity index (χ1) is 19.5. The van der Waals surface area contributed by atoms with E-state index in [0.717, 1.165) is 65.3 Å². The monoisotopic (exact) mass is 520 g/mol. The lowest BCUT2D eigenvalue weighted by atomic mass is 9.81. The molecule has 0 spiro atoms. The van der Waals surface area contributed by atoms with Crippen LogP contribution in [0.15, 0.2) is 121 Å². The van der Waals surface area contributed by atoms with Crippen LogP contribution in [0, 0.1) is 20.2 Å². The van der Waals surface area contributed by atoms with Crippen LogP contribution in [-0.2, 0) is 0 Å². The first-order valence-corrected chi connectivity index (χ1v) is 12.8. The van der Waals surface area contributed by atoms with E-state index in [0.29, 0.717) is 0 Å². The van der Waals surface area contributed by atoms with Crippen molar-refractivity contribution >= 4 is 54.5 Å². The van der Waals surface area contributed by atoms with Gasteiger partial charge in [-0.1, -0.05) is 72.8 Å². The average molecular weight is 521 g/mol. The fourth-order valence-electron chi connectivity index (χ4n) is 5.95. The van der Waals surface area contributed by atoms with Gasteiger partial charge in [0.25, 0.3) is 11.4 Å². The zero-order valence-corrected chi connectivity index (χ0v) is 21.1. The molecule has 7 aromatic rings. The molecule has 0 N–H and O–H groups in total. The van der Waals surface area contributed by atoms with Crippen molar-refractivity contribution in [2.24, 2.45) is 0 Å². The van der Waals surface area contributed by atoms with Gasteiger partial charge in [0.1, 0.15) is 0 Å². The molecule has 190 valence electrons. The maximum Gasteiger partial charge on any atom is 0.269 e. The highest BCUT2D eigenvalue weighted by molar-refractivity contribution is 6.36. The van der Waals surface area contributed by atoms with E-state index < -0.39 is 0 Å². The molecule has 0 aliphatic heterocycles. The summed E-state index contributed by atoms with van der Waals surface area (Å²) in [4.78, 5) is 22.1. The van der Waals surface area contributed by atoms with Gasteiger partial charge in [0.2, 0.25) is 0 Å². The smallest absolute Gasteiger partial charge is 0.258 e. The number of nitro groups is 2. The van der Waals surface area contributed by atoms with Crippen LogP contribution in [0.1, 0.15) is 0 Å². The van der Waals surface area contributed by atoms with Crippen molar-refractivity contribution in [3.8, 4) is 22.3 Å². The molecule has 6 heteroatoms. The molecule has 7 rings (SSSR count). The molecule has 0 aromatic heterocycles. The summed E-state index contributed by atoms with van der Waals surface area (Å²) in [5.74, 6) is 0. The Morgan fingerprint density at radius 2 is 0.675 bits per heavy atom. The Kier molecular flexibility index (Phi) is 5.28. The number of rotatable bonds is 4. The standard InChI is InChI=1S/C34H20N2O4/c37-35(38)23-17-13-21(14-18-23)31-29-11-5-6-12-30(29)32(22-15-19-24(20-16-22)36(39)40)34-28-10-4-2-8-26(28)25-7-1-3-9-27(25)33(31)34/h1-20H. The lowest BCUT2D eigenvalue weighted by Crippen LogP contribution is -1.94. The molecule has 6 nitrogen and oxygen atoms in total. The lowest BCUT2D eigenvalue weighted by Gasteiger charge is -2.21. The van der Waals surface area contributed by atoms with Crippen molar-refractivity contribution in [2.75, 3.05) is 0 Å². The quantitative estimate of drug-likeness (QED) is 0.100. The predicted octanol–water partition coefficient (Wildman–Crippen LogP) is 9.45. The maximum absolute atomic E-state index is 11.4. The van der Waals surface area contributed by atoms with Gasteiger partial charge in [-0.05, 0) is 89.6 Å². The molecule has 0 amide bonds. The Balaban J connectivity index is 1.76. The van der Waals surface area contributed by atoms with Gasteiger partial charge in [0.05, 0.1) is 9.85 Å². The minimum absolute atomic E-state index is 0.0372. The minimum atomic E-state index is -0.388. The molecule has 0 heterocycles. The van der Waals surface area contributed by atoms with Gasteiger partial charge < -0.3 is 0 Å². The molecule has 40 heavy (non-hydrogen) atoms. The Bertz CT molecular complexity index is 2000. The van der Waals surface area contributed by atoms with Crippen LogP contribution in [0.3, 0.4) is 0 Å². The Labute approximate surface area is 228 Å². The second-order valence-corrected chi connectivity index (χ2v) is 9.74. The van der Waals surface area contributed by atoms with E-state index in [2.05, 4.69) is 36.4 Å². The number of nitro benzene ring substituents is 2. The van der Waals surface area contributed by atoms with Crippen LogP contribution < -0.4 is 0 Å². The third-order valence-electron chi connectivity index (χ3n) is 7.63. The molecule has 0 fully saturated rings. The van der Waals surface area contributed by atoms with Crippen LogP contribution in [0.25, 0.3) is 65.3 Å². The molecule has 0 unspecified atom stereocenters. The van der Waals surface area contributed by atoms with Gasteiger partial charge in [0.15, 0.2) is 0 Å². The normalized spacial score (nSPS) is 11.4. The summed E-state index contributed by atoms with van der Waals surface area (Å²) in [5.41, 5.74) is 3.82. The summed E-state index contributed by atoms with van der Waals surface area (Å²) >= 11 is 0. The highest BCUT2D eigenvalue weighted by Crippen LogP contribution is 2.49. The van der Waals surface area contributed by atoms with Crippen molar-refractivity contribution in [3.63, 3.8) is 0 Å². The first-order valence-electron chi connectivity index (χ1n) is 12.8. The molecule has 0 aliphatic carbocycles. The van der Waals surface area contributed by atoms with Crippen molar-refractivity contribution in [3.05, 3.63) is 142 Å². The molecule has 0 aliphatic rings. The number of hydrogen-bond acceptors (Lipinski definition) is 4. The SMILES string of the molecule is O=[N+]([O-])c1ccc(-c2c3ccccc3c(-c3ccc([N+](=O)[O-])cc3)c3c4ccccc4c4ccccc4c23)cc1. The number of fused-ring (bicyclic) bond motifs is 7. The summed E-state index contributed by atoms with van der Waals surface area (Å²) in [6, 6.07) is 38.2. The van der Waals surface area contributed by atoms with Gasteiger partial charge in [-0.2, -0.15) is 0 Å². The molecular weight excluding hydrogens is 500 g/mol. The van der Waals surface area contributed by atoms with Crippen molar-refractivity contribution < 1.29 is 9.85 Å². The number of nitrogens with zero attached hydrogens (tertiary/aromatic N) is 2. The third-order valence-corrected chi connectivity index (χ3v) is 7.63. The maximum atomic E-state index is 11.4. The number of hydrogen-bond donors (Lipinski definition) is 0. The van der Waals surface area contributed by atoms with E-state index in [1.165, 1.54) is 0 Å². The van der Waals surface area contributed by atoms with Crippen LogP contribution >= 0.6 is 0 Å². The van der Waals surface area contributed by atoms with E-state index in [1.54, 1.807) is 24.3 Å². The largest absolute Gasteiger partial charge is 0.269 e. The van der Waals surface area contributed by atoms with Gasteiger partial charge in [0, 0.05) is 24.3 Å². The predicted molar refractivity (Wildman–Crippen MR) is 161 cm³/mol. The summed E-state index contributed by atoms with van der Waals surface area (Å²) in [7, 11) is 0. The molecule has 0 bridgehead atoms. The molecular formula is C34H20N2O4. The Hall–Kier alpha value is -5.62. The van der Waals surface area contributed by atoms with Gasteiger partial charge in [-0.3, -0.25) is 20.2 Å². The first kappa shape index (κ1) is 23.5. The summed E-state index contributed by atoms with van der Waals surface area (Å²) < 4.78 is 0. The topological polar surface area (TPSA) is 86.3 Å². The van der Waals surface area contributed by atoms with E-state index in [9.17, 15) is 20.2 Å². The van der Waals surface area contributed by atoms with Gasteiger partial charge >= 0.3 is 0 Å².